The number of hydrogen-bond acceptors (Lipinski definition) is 2. The van der Waals surface area contributed by atoms with Crippen molar-refractivity contribution in [2.75, 3.05) is 32.7 Å². The summed E-state index contributed by atoms with van der Waals surface area (Å²) >= 11 is 0. The van der Waals surface area contributed by atoms with Crippen LogP contribution in [0.1, 0.15) is 31.7 Å². The van der Waals surface area contributed by atoms with Gasteiger partial charge in [-0.15, -0.1) is 0 Å². The minimum absolute atomic E-state index is 0.153. The summed E-state index contributed by atoms with van der Waals surface area (Å²) < 4.78 is 13.1. The Labute approximate surface area is 138 Å². The fraction of sp³-hybridized carbons (Fsp3) is 0.632. The van der Waals surface area contributed by atoms with Crippen LogP contribution in [0.25, 0.3) is 0 Å². The van der Waals surface area contributed by atoms with E-state index in [4.69, 9.17) is 0 Å². The van der Waals surface area contributed by atoms with Crippen molar-refractivity contribution >= 4 is 5.91 Å². The van der Waals surface area contributed by atoms with Gasteiger partial charge in [0.1, 0.15) is 5.82 Å². The van der Waals surface area contributed by atoms with Gasteiger partial charge in [0.15, 0.2) is 0 Å². The summed E-state index contributed by atoms with van der Waals surface area (Å²) in [4.78, 5) is 16.9. The molecule has 1 aromatic carbocycles. The Morgan fingerprint density at radius 2 is 2.00 bits per heavy atom. The lowest BCUT2D eigenvalue weighted by atomic mass is 10.0. The number of amides is 1. The number of hydrogen-bond donors (Lipinski definition) is 0. The quantitative estimate of drug-likeness (QED) is 0.805. The second-order valence-electron chi connectivity index (χ2n) is 7.03. The molecule has 1 atom stereocenters. The summed E-state index contributed by atoms with van der Waals surface area (Å²) in [5.74, 6) is 1.06. The van der Waals surface area contributed by atoms with E-state index in [0.717, 1.165) is 51.1 Å². The Bertz CT molecular complexity index is 536. The van der Waals surface area contributed by atoms with Crippen LogP contribution in [0.5, 0.6) is 0 Å². The summed E-state index contributed by atoms with van der Waals surface area (Å²) in [7, 11) is 0. The van der Waals surface area contributed by atoms with Crippen LogP contribution in [0.3, 0.4) is 0 Å². The molecule has 2 fully saturated rings. The van der Waals surface area contributed by atoms with Crippen LogP contribution >= 0.6 is 0 Å². The first-order valence-electron chi connectivity index (χ1n) is 8.89. The zero-order valence-electron chi connectivity index (χ0n) is 14.0. The van der Waals surface area contributed by atoms with Gasteiger partial charge in [0.05, 0.1) is 0 Å². The number of halogens is 1. The Morgan fingerprint density at radius 1 is 1.26 bits per heavy atom. The smallest absolute Gasteiger partial charge is 0.225 e. The average molecular weight is 318 g/mol. The maximum absolute atomic E-state index is 13.1. The third-order valence-corrected chi connectivity index (χ3v) is 5.23. The van der Waals surface area contributed by atoms with Crippen molar-refractivity contribution < 1.29 is 9.18 Å². The van der Waals surface area contributed by atoms with E-state index in [1.807, 2.05) is 11.0 Å². The molecule has 1 aliphatic carbocycles. The SMILES string of the molecule is CC(C(=O)N1CCN(CCCc2cccc(F)c2)CC1)C1CC1. The second kappa shape index (κ2) is 7.43. The molecule has 0 bridgehead atoms. The first kappa shape index (κ1) is 16.4. The largest absolute Gasteiger partial charge is 0.340 e. The number of carbonyl (C=O) groups excluding carboxylic acids is 1. The number of benzene rings is 1. The number of nitrogens with zero attached hydrogens (tertiary/aromatic N) is 2. The molecule has 1 aliphatic heterocycles. The first-order chi connectivity index (χ1) is 11.1. The standard InChI is InChI=1S/C19H27FN2O/c1-15(17-7-8-17)19(23)22-12-10-21(11-13-22)9-3-5-16-4-2-6-18(20)14-16/h2,4,6,14-15,17H,3,5,7-13H2,1H3. The van der Waals surface area contributed by atoms with Gasteiger partial charge in [0.2, 0.25) is 5.91 Å². The molecule has 3 rings (SSSR count). The highest BCUT2D eigenvalue weighted by molar-refractivity contribution is 5.79. The van der Waals surface area contributed by atoms with Crippen molar-refractivity contribution in [3.8, 4) is 0 Å². The fourth-order valence-corrected chi connectivity index (χ4v) is 3.48. The third kappa shape index (κ3) is 4.54. The molecule has 4 heteroatoms. The highest BCUT2D eigenvalue weighted by atomic mass is 19.1. The highest BCUT2D eigenvalue weighted by Gasteiger charge is 2.35. The van der Waals surface area contributed by atoms with E-state index in [-0.39, 0.29) is 11.7 Å². The molecule has 1 unspecified atom stereocenters. The maximum atomic E-state index is 13.1. The van der Waals surface area contributed by atoms with Gasteiger partial charge in [-0.1, -0.05) is 19.1 Å². The summed E-state index contributed by atoms with van der Waals surface area (Å²) in [6.07, 6.45) is 4.41. The summed E-state index contributed by atoms with van der Waals surface area (Å²) in [5, 5.41) is 0. The zero-order chi connectivity index (χ0) is 16.2. The fourth-order valence-electron chi connectivity index (χ4n) is 3.48. The predicted molar refractivity (Wildman–Crippen MR) is 89.6 cm³/mol. The lowest BCUT2D eigenvalue weighted by Crippen LogP contribution is -2.50. The average Bonchev–Trinajstić information content (AvgIpc) is 3.39. The van der Waals surface area contributed by atoms with E-state index in [1.54, 1.807) is 12.1 Å². The maximum Gasteiger partial charge on any atom is 0.225 e. The molecule has 23 heavy (non-hydrogen) atoms. The molecule has 1 saturated carbocycles. The van der Waals surface area contributed by atoms with Gasteiger partial charge in [-0.3, -0.25) is 9.69 Å². The molecule has 0 aromatic heterocycles. The molecule has 1 amide bonds. The van der Waals surface area contributed by atoms with Gasteiger partial charge < -0.3 is 4.90 Å². The monoisotopic (exact) mass is 318 g/mol. The molecule has 3 nitrogen and oxygen atoms in total. The number of carbonyl (C=O) groups is 1. The first-order valence-corrected chi connectivity index (χ1v) is 8.89. The van der Waals surface area contributed by atoms with Crippen molar-refractivity contribution in [1.29, 1.82) is 0 Å². The molecule has 2 aliphatic rings. The lowest BCUT2D eigenvalue weighted by molar-refractivity contribution is -0.137. The predicted octanol–water partition coefficient (Wildman–Crippen LogP) is 2.95. The topological polar surface area (TPSA) is 23.6 Å². The van der Waals surface area contributed by atoms with Gasteiger partial charge in [0, 0.05) is 32.1 Å². The zero-order valence-corrected chi connectivity index (χ0v) is 14.0. The molecule has 1 aromatic rings. The molecular formula is C19H27FN2O. The molecule has 126 valence electrons. The van der Waals surface area contributed by atoms with Crippen molar-refractivity contribution in [1.82, 2.24) is 9.80 Å². The van der Waals surface area contributed by atoms with Crippen LogP contribution in [-0.2, 0) is 11.2 Å². The van der Waals surface area contributed by atoms with Crippen molar-refractivity contribution in [2.24, 2.45) is 11.8 Å². The minimum Gasteiger partial charge on any atom is -0.340 e. The molecule has 0 radical (unpaired) electrons. The second-order valence-corrected chi connectivity index (χ2v) is 7.03. The van der Waals surface area contributed by atoms with Crippen molar-refractivity contribution in [3.63, 3.8) is 0 Å². The van der Waals surface area contributed by atoms with Crippen LogP contribution in [0.4, 0.5) is 4.39 Å². The number of aryl methyl sites for hydroxylation is 1. The van der Waals surface area contributed by atoms with Gasteiger partial charge in [-0.05, 0) is 55.8 Å². The lowest BCUT2D eigenvalue weighted by Gasteiger charge is -2.36. The summed E-state index contributed by atoms with van der Waals surface area (Å²) in [6.45, 7) is 6.76. The van der Waals surface area contributed by atoms with E-state index in [1.165, 1.54) is 18.9 Å². The van der Waals surface area contributed by atoms with E-state index in [2.05, 4.69) is 11.8 Å². The van der Waals surface area contributed by atoms with E-state index < -0.39 is 0 Å². The molecular weight excluding hydrogens is 291 g/mol. The normalized spacial score (nSPS) is 20.5. The van der Waals surface area contributed by atoms with Crippen LogP contribution in [0.15, 0.2) is 24.3 Å². The third-order valence-electron chi connectivity index (χ3n) is 5.23. The van der Waals surface area contributed by atoms with Crippen molar-refractivity contribution in [2.45, 2.75) is 32.6 Å². The van der Waals surface area contributed by atoms with Crippen LogP contribution < -0.4 is 0 Å². The molecule has 0 N–H and O–H groups in total. The van der Waals surface area contributed by atoms with Gasteiger partial charge >= 0.3 is 0 Å². The van der Waals surface area contributed by atoms with Crippen LogP contribution in [0, 0.1) is 17.7 Å². The van der Waals surface area contributed by atoms with E-state index in [0.29, 0.717) is 11.8 Å². The Balaban J connectivity index is 1.36. The van der Waals surface area contributed by atoms with Gasteiger partial charge in [0.25, 0.3) is 0 Å². The number of piperazine rings is 1. The van der Waals surface area contributed by atoms with E-state index in [9.17, 15) is 9.18 Å². The Kier molecular flexibility index (Phi) is 5.31. The molecule has 1 heterocycles. The summed E-state index contributed by atoms with van der Waals surface area (Å²) in [5.41, 5.74) is 1.07. The highest BCUT2D eigenvalue weighted by Crippen LogP contribution is 2.37. The summed E-state index contributed by atoms with van der Waals surface area (Å²) in [6, 6.07) is 6.87. The van der Waals surface area contributed by atoms with Crippen LogP contribution in [0.2, 0.25) is 0 Å². The minimum atomic E-state index is -0.153. The number of rotatable bonds is 6. The van der Waals surface area contributed by atoms with Crippen molar-refractivity contribution in [3.05, 3.63) is 35.6 Å². The molecule has 1 saturated heterocycles. The van der Waals surface area contributed by atoms with E-state index >= 15 is 0 Å². The van der Waals surface area contributed by atoms with Crippen LogP contribution in [-0.4, -0.2) is 48.4 Å². The molecule has 0 spiro atoms. The Morgan fingerprint density at radius 3 is 2.65 bits per heavy atom. The Hall–Kier alpha value is -1.42. The van der Waals surface area contributed by atoms with Gasteiger partial charge in [-0.2, -0.15) is 0 Å². The van der Waals surface area contributed by atoms with Gasteiger partial charge in [-0.25, -0.2) is 4.39 Å².